The Morgan fingerprint density at radius 2 is 2.00 bits per heavy atom. The molecule has 0 bridgehead atoms. The Bertz CT molecular complexity index is 269. The molecule has 3 rings (SSSR count). The lowest BCUT2D eigenvalue weighted by molar-refractivity contribution is -0.123. The molecule has 4 nitrogen and oxygen atoms in total. The first kappa shape index (κ1) is 11.5. The molecular weight excluding hydrogens is 216 g/mol. The molecule has 0 spiro atoms. The van der Waals surface area contributed by atoms with Gasteiger partial charge in [-0.05, 0) is 37.5 Å². The van der Waals surface area contributed by atoms with Gasteiger partial charge in [0.2, 0.25) is 5.91 Å². The zero-order chi connectivity index (χ0) is 11.7. The van der Waals surface area contributed by atoms with Crippen molar-refractivity contribution in [2.24, 2.45) is 11.8 Å². The van der Waals surface area contributed by atoms with E-state index in [9.17, 15) is 4.79 Å². The van der Waals surface area contributed by atoms with E-state index in [1.54, 1.807) is 0 Å². The van der Waals surface area contributed by atoms with Crippen LogP contribution < -0.4 is 10.6 Å². The van der Waals surface area contributed by atoms with E-state index in [4.69, 9.17) is 4.74 Å². The average molecular weight is 238 g/mol. The van der Waals surface area contributed by atoms with Gasteiger partial charge in [-0.25, -0.2) is 0 Å². The number of morpholine rings is 1. The van der Waals surface area contributed by atoms with Crippen LogP contribution in [0.5, 0.6) is 0 Å². The van der Waals surface area contributed by atoms with Crippen molar-refractivity contribution < 1.29 is 9.53 Å². The third-order valence-corrected chi connectivity index (χ3v) is 4.02. The summed E-state index contributed by atoms with van der Waals surface area (Å²) in [5.74, 6) is 1.76. The molecule has 0 aromatic heterocycles. The second-order valence-corrected chi connectivity index (χ2v) is 5.70. The second-order valence-electron chi connectivity index (χ2n) is 5.70. The van der Waals surface area contributed by atoms with Gasteiger partial charge in [-0.1, -0.05) is 0 Å². The molecular formula is C13H22N2O2. The maximum Gasteiger partial charge on any atom is 0.221 e. The Morgan fingerprint density at radius 1 is 1.29 bits per heavy atom. The third-order valence-electron chi connectivity index (χ3n) is 4.02. The van der Waals surface area contributed by atoms with Gasteiger partial charge in [-0.2, -0.15) is 0 Å². The molecule has 1 amide bonds. The highest BCUT2D eigenvalue weighted by Gasteiger charge is 2.42. The number of carbonyl (C=O) groups is 1. The molecule has 2 aliphatic carbocycles. The summed E-state index contributed by atoms with van der Waals surface area (Å²) in [6.45, 7) is 2.31. The molecule has 96 valence electrons. The molecule has 0 aromatic rings. The quantitative estimate of drug-likeness (QED) is 0.740. The van der Waals surface area contributed by atoms with E-state index in [-0.39, 0.29) is 11.9 Å². The largest absolute Gasteiger partial charge is 0.378 e. The fraction of sp³-hybridized carbons (Fsp3) is 0.923. The van der Waals surface area contributed by atoms with Crippen LogP contribution in [-0.2, 0) is 9.53 Å². The first-order chi connectivity index (χ1) is 8.33. The van der Waals surface area contributed by atoms with Crippen LogP contribution in [0.2, 0.25) is 0 Å². The maximum atomic E-state index is 12.0. The molecule has 0 aromatic carbocycles. The van der Waals surface area contributed by atoms with Crippen molar-refractivity contribution in [3.8, 4) is 0 Å². The van der Waals surface area contributed by atoms with Gasteiger partial charge < -0.3 is 15.4 Å². The second kappa shape index (κ2) is 4.94. The highest BCUT2D eigenvalue weighted by Crippen LogP contribution is 2.44. The highest BCUT2D eigenvalue weighted by atomic mass is 16.5. The molecule has 4 heteroatoms. The van der Waals surface area contributed by atoms with Crippen molar-refractivity contribution in [2.45, 2.75) is 44.2 Å². The standard InChI is InChI=1S/C13H22N2O2/c16-12(7-11-8-17-6-5-14-11)15-13(9-1-2-9)10-3-4-10/h9-11,13-14H,1-8H2,(H,15,16). The molecule has 3 aliphatic rings. The smallest absolute Gasteiger partial charge is 0.221 e. The van der Waals surface area contributed by atoms with Crippen molar-refractivity contribution in [3.05, 3.63) is 0 Å². The summed E-state index contributed by atoms with van der Waals surface area (Å²) in [5.41, 5.74) is 0. The van der Waals surface area contributed by atoms with Gasteiger partial charge in [0, 0.05) is 25.0 Å². The van der Waals surface area contributed by atoms with Crippen LogP contribution >= 0.6 is 0 Å². The number of hydrogen-bond donors (Lipinski definition) is 2. The van der Waals surface area contributed by atoms with Crippen LogP contribution in [0.3, 0.4) is 0 Å². The fourth-order valence-electron chi connectivity index (χ4n) is 2.75. The van der Waals surface area contributed by atoms with Crippen LogP contribution in [-0.4, -0.2) is 37.7 Å². The monoisotopic (exact) mass is 238 g/mol. The Kier molecular flexibility index (Phi) is 3.34. The van der Waals surface area contributed by atoms with Gasteiger partial charge in [0.1, 0.15) is 0 Å². The predicted octanol–water partition coefficient (Wildman–Crippen LogP) is 0.670. The average Bonchev–Trinajstić information content (AvgIpc) is 3.19. The van der Waals surface area contributed by atoms with Gasteiger partial charge in [0.15, 0.2) is 0 Å². The zero-order valence-corrected chi connectivity index (χ0v) is 10.3. The highest BCUT2D eigenvalue weighted by molar-refractivity contribution is 5.77. The summed E-state index contributed by atoms with van der Waals surface area (Å²) in [4.78, 5) is 12.0. The lowest BCUT2D eigenvalue weighted by Crippen LogP contribution is -2.46. The summed E-state index contributed by atoms with van der Waals surface area (Å²) >= 11 is 0. The minimum atomic E-state index is 0.205. The SMILES string of the molecule is O=C(CC1COCCN1)NC(C1CC1)C1CC1. The normalized spacial score (nSPS) is 29.4. The molecule has 1 heterocycles. The molecule has 1 unspecified atom stereocenters. The van der Waals surface area contributed by atoms with Crippen molar-refractivity contribution in [1.29, 1.82) is 0 Å². The summed E-state index contributed by atoms with van der Waals surface area (Å²) in [7, 11) is 0. The number of rotatable bonds is 5. The van der Waals surface area contributed by atoms with E-state index in [2.05, 4.69) is 10.6 Å². The number of nitrogens with one attached hydrogen (secondary N) is 2. The van der Waals surface area contributed by atoms with Gasteiger partial charge >= 0.3 is 0 Å². The van der Waals surface area contributed by atoms with E-state index < -0.39 is 0 Å². The summed E-state index contributed by atoms with van der Waals surface area (Å²) in [6, 6.07) is 0.690. The minimum absolute atomic E-state index is 0.205. The van der Waals surface area contributed by atoms with E-state index >= 15 is 0 Å². The van der Waals surface area contributed by atoms with E-state index in [1.165, 1.54) is 25.7 Å². The fourth-order valence-corrected chi connectivity index (χ4v) is 2.75. The van der Waals surface area contributed by atoms with Gasteiger partial charge in [0.05, 0.1) is 13.2 Å². The number of amides is 1. The van der Waals surface area contributed by atoms with E-state index in [0.29, 0.717) is 19.1 Å². The Morgan fingerprint density at radius 3 is 2.53 bits per heavy atom. The summed E-state index contributed by atoms with van der Waals surface area (Å²) < 4.78 is 5.37. The van der Waals surface area contributed by atoms with Crippen molar-refractivity contribution >= 4 is 5.91 Å². The predicted molar refractivity (Wildman–Crippen MR) is 64.6 cm³/mol. The molecule has 2 saturated carbocycles. The summed E-state index contributed by atoms with van der Waals surface area (Å²) in [6.07, 6.45) is 5.81. The number of ether oxygens (including phenoxy) is 1. The Hall–Kier alpha value is -0.610. The van der Waals surface area contributed by atoms with Gasteiger partial charge in [0.25, 0.3) is 0 Å². The van der Waals surface area contributed by atoms with Crippen LogP contribution in [0.25, 0.3) is 0 Å². The first-order valence-electron chi connectivity index (χ1n) is 6.93. The maximum absolute atomic E-state index is 12.0. The Labute approximate surface area is 102 Å². The molecule has 3 fully saturated rings. The van der Waals surface area contributed by atoms with Gasteiger partial charge in [-0.3, -0.25) is 4.79 Å². The van der Waals surface area contributed by atoms with Crippen molar-refractivity contribution in [3.63, 3.8) is 0 Å². The molecule has 0 radical (unpaired) electrons. The molecule has 1 atom stereocenters. The zero-order valence-electron chi connectivity index (χ0n) is 10.3. The van der Waals surface area contributed by atoms with Crippen LogP contribution in [0.4, 0.5) is 0 Å². The van der Waals surface area contributed by atoms with Gasteiger partial charge in [-0.15, -0.1) is 0 Å². The van der Waals surface area contributed by atoms with Crippen LogP contribution in [0.15, 0.2) is 0 Å². The van der Waals surface area contributed by atoms with Crippen molar-refractivity contribution in [2.75, 3.05) is 19.8 Å². The third kappa shape index (κ3) is 3.19. The molecule has 1 aliphatic heterocycles. The minimum Gasteiger partial charge on any atom is -0.378 e. The Balaban J connectivity index is 1.44. The van der Waals surface area contributed by atoms with E-state index in [0.717, 1.165) is 25.0 Å². The first-order valence-corrected chi connectivity index (χ1v) is 6.93. The van der Waals surface area contributed by atoms with Crippen molar-refractivity contribution in [1.82, 2.24) is 10.6 Å². The molecule has 1 saturated heterocycles. The summed E-state index contributed by atoms with van der Waals surface area (Å²) in [5, 5.41) is 6.58. The van der Waals surface area contributed by atoms with Crippen LogP contribution in [0, 0.1) is 11.8 Å². The lowest BCUT2D eigenvalue weighted by Gasteiger charge is -2.25. The lowest BCUT2D eigenvalue weighted by atomic mass is 10.1. The van der Waals surface area contributed by atoms with Crippen LogP contribution in [0.1, 0.15) is 32.1 Å². The van der Waals surface area contributed by atoms with E-state index in [1.807, 2.05) is 0 Å². The number of carbonyl (C=O) groups excluding carboxylic acids is 1. The number of hydrogen-bond acceptors (Lipinski definition) is 3. The topological polar surface area (TPSA) is 50.4 Å². The molecule has 17 heavy (non-hydrogen) atoms. The molecule has 2 N–H and O–H groups in total.